The Morgan fingerprint density at radius 2 is 1.79 bits per heavy atom. The Hall–Kier alpha value is -1.77. The summed E-state index contributed by atoms with van der Waals surface area (Å²) in [5.74, 6) is -0.564. The lowest BCUT2D eigenvalue weighted by Crippen LogP contribution is -2.42. The molecule has 0 aromatic heterocycles. The molecule has 1 aromatic carbocycles. The molecular formula is C15H21F3N2O3S. The van der Waals surface area contributed by atoms with Crippen LogP contribution in [0, 0.1) is 0 Å². The number of carbonyl (C=O) groups excluding carboxylic acids is 1. The van der Waals surface area contributed by atoms with E-state index in [1.807, 2.05) is 6.92 Å². The minimum Gasteiger partial charge on any atom is -0.344 e. The second kappa shape index (κ2) is 7.87. The maximum Gasteiger partial charge on any atom is 0.418 e. The number of hydrogen-bond donors (Lipinski definition) is 0. The summed E-state index contributed by atoms with van der Waals surface area (Å²) in [6.45, 7) is 1.67. The van der Waals surface area contributed by atoms with Crippen molar-refractivity contribution in [2.75, 3.05) is 30.7 Å². The third-order valence-corrected chi connectivity index (χ3v) is 4.56. The number of alkyl halides is 3. The van der Waals surface area contributed by atoms with Gasteiger partial charge in [-0.05, 0) is 18.6 Å². The number of anilines is 1. The first kappa shape index (κ1) is 20.3. The van der Waals surface area contributed by atoms with Crippen LogP contribution in [0.3, 0.4) is 0 Å². The second-order valence-corrected chi connectivity index (χ2v) is 7.36. The van der Waals surface area contributed by atoms with Crippen molar-refractivity contribution in [2.24, 2.45) is 0 Å². The molecule has 0 radical (unpaired) electrons. The molecule has 5 nitrogen and oxygen atoms in total. The van der Waals surface area contributed by atoms with Crippen LogP contribution in [0.5, 0.6) is 0 Å². The molecule has 24 heavy (non-hydrogen) atoms. The highest BCUT2D eigenvalue weighted by Gasteiger charge is 2.37. The Morgan fingerprint density at radius 3 is 2.29 bits per heavy atom. The van der Waals surface area contributed by atoms with Crippen LogP contribution in [0.1, 0.15) is 25.3 Å². The molecule has 1 aromatic rings. The van der Waals surface area contributed by atoms with Gasteiger partial charge < -0.3 is 4.90 Å². The third kappa shape index (κ3) is 5.40. The Balaban J connectivity index is 3.20. The zero-order valence-corrected chi connectivity index (χ0v) is 14.6. The predicted octanol–water partition coefficient (Wildman–Crippen LogP) is 2.73. The predicted molar refractivity (Wildman–Crippen MR) is 86.2 cm³/mol. The lowest BCUT2D eigenvalue weighted by molar-refractivity contribution is -0.137. The molecule has 1 amide bonds. The standard InChI is InChI=1S/C15H21F3N2O3S/c1-4-5-10-19(2)14(21)11-20(24(3,22)23)13-9-7-6-8-12(13)15(16,17)18/h6-9H,4-5,10-11H2,1-3H3. The van der Waals surface area contributed by atoms with Gasteiger partial charge in [-0.25, -0.2) is 8.42 Å². The number of nitrogens with zero attached hydrogens (tertiary/aromatic N) is 2. The van der Waals surface area contributed by atoms with Crippen LogP contribution in [0.25, 0.3) is 0 Å². The van der Waals surface area contributed by atoms with Crippen LogP contribution in [-0.4, -0.2) is 45.6 Å². The van der Waals surface area contributed by atoms with Crippen molar-refractivity contribution in [1.82, 2.24) is 4.90 Å². The van der Waals surface area contributed by atoms with Gasteiger partial charge in [0.15, 0.2) is 0 Å². The summed E-state index contributed by atoms with van der Waals surface area (Å²) in [4.78, 5) is 13.5. The molecular weight excluding hydrogens is 345 g/mol. The lowest BCUT2D eigenvalue weighted by atomic mass is 10.1. The molecule has 0 aliphatic carbocycles. The summed E-state index contributed by atoms with van der Waals surface area (Å²) < 4.78 is 63.9. The highest BCUT2D eigenvalue weighted by Crippen LogP contribution is 2.37. The van der Waals surface area contributed by atoms with Crippen molar-refractivity contribution in [3.05, 3.63) is 29.8 Å². The molecule has 0 fully saturated rings. The smallest absolute Gasteiger partial charge is 0.344 e. The number of benzene rings is 1. The zero-order valence-electron chi connectivity index (χ0n) is 13.8. The molecule has 0 aliphatic rings. The van der Waals surface area contributed by atoms with Crippen LogP contribution in [0.4, 0.5) is 18.9 Å². The molecule has 136 valence electrons. The van der Waals surface area contributed by atoms with Crippen LogP contribution in [0.2, 0.25) is 0 Å². The minimum absolute atomic E-state index is 0.411. The Morgan fingerprint density at radius 1 is 1.21 bits per heavy atom. The van der Waals surface area contributed by atoms with E-state index in [1.54, 1.807) is 0 Å². The molecule has 0 atom stereocenters. The number of para-hydroxylation sites is 1. The van der Waals surface area contributed by atoms with Gasteiger partial charge in [0.1, 0.15) is 6.54 Å². The number of carbonyl (C=O) groups is 1. The van der Waals surface area contributed by atoms with Crippen LogP contribution in [-0.2, 0) is 21.0 Å². The van der Waals surface area contributed by atoms with Gasteiger partial charge in [0.25, 0.3) is 0 Å². The van der Waals surface area contributed by atoms with Gasteiger partial charge in [-0.2, -0.15) is 13.2 Å². The SMILES string of the molecule is CCCCN(C)C(=O)CN(c1ccccc1C(F)(F)F)S(C)(=O)=O. The van der Waals surface area contributed by atoms with Gasteiger partial charge in [-0.1, -0.05) is 25.5 Å². The lowest BCUT2D eigenvalue weighted by Gasteiger charge is -2.27. The summed E-state index contributed by atoms with van der Waals surface area (Å²) in [6.07, 6.45) is -2.39. The average Bonchev–Trinajstić information content (AvgIpc) is 2.47. The molecule has 0 saturated carbocycles. The molecule has 0 saturated heterocycles. The molecule has 0 spiro atoms. The van der Waals surface area contributed by atoms with Gasteiger partial charge >= 0.3 is 6.18 Å². The third-order valence-electron chi connectivity index (χ3n) is 3.43. The molecule has 9 heteroatoms. The van der Waals surface area contributed by atoms with Crippen molar-refractivity contribution in [2.45, 2.75) is 25.9 Å². The molecule has 0 heterocycles. The maximum absolute atomic E-state index is 13.1. The highest BCUT2D eigenvalue weighted by molar-refractivity contribution is 7.92. The fourth-order valence-corrected chi connectivity index (χ4v) is 2.94. The Bertz CT molecular complexity index is 675. The van der Waals surface area contributed by atoms with Crippen molar-refractivity contribution in [3.63, 3.8) is 0 Å². The molecule has 0 N–H and O–H groups in total. The molecule has 0 unspecified atom stereocenters. The quantitative estimate of drug-likeness (QED) is 0.746. The van der Waals surface area contributed by atoms with Crippen LogP contribution in [0.15, 0.2) is 24.3 Å². The van der Waals surface area contributed by atoms with Gasteiger partial charge in [0.05, 0.1) is 17.5 Å². The largest absolute Gasteiger partial charge is 0.418 e. The number of halogens is 3. The van der Waals surface area contributed by atoms with Crippen LogP contribution < -0.4 is 4.31 Å². The molecule has 0 bridgehead atoms. The van der Waals surface area contributed by atoms with E-state index in [0.29, 0.717) is 10.8 Å². The summed E-state index contributed by atoms with van der Waals surface area (Å²) in [7, 11) is -2.57. The van der Waals surface area contributed by atoms with Crippen molar-refractivity contribution < 1.29 is 26.4 Å². The van der Waals surface area contributed by atoms with Crippen molar-refractivity contribution in [3.8, 4) is 0 Å². The summed E-state index contributed by atoms with van der Waals surface area (Å²) in [5.41, 5.74) is -1.65. The number of hydrogen-bond acceptors (Lipinski definition) is 3. The first-order valence-corrected chi connectivity index (χ1v) is 9.21. The first-order chi connectivity index (χ1) is 11.0. The van der Waals surface area contributed by atoms with E-state index in [4.69, 9.17) is 0 Å². The number of sulfonamides is 1. The fraction of sp³-hybridized carbons (Fsp3) is 0.533. The van der Waals surface area contributed by atoms with E-state index >= 15 is 0 Å². The van der Waals surface area contributed by atoms with E-state index in [-0.39, 0.29) is 0 Å². The van der Waals surface area contributed by atoms with Gasteiger partial charge in [0.2, 0.25) is 15.9 Å². The normalized spacial score (nSPS) is 12.1. The first-order valence-electron chi connectivity index (χ1n) is 7.36. The van der Waals surface area contributed by atoms with E-state index in [1.165, 1.54) is 24.1 Å². The Labute approximate surface area is 140 Å². The number of likely N-dealkylation sites (N-methyl/N-ethyl adjacent to an activating group) is 1. The van der Waals surface area contributed by atoms with E-state index in [9.17, 15) is 26.4 Å². The fourth-order valence-electron chi connectivity index (χ4n) is 2.08. The highest BCUT2D eigenvalue weighted by atomic mass is 32.2. The number of unbranched alkanes of at least 4 members (excludes halogenated alkanes) is 1. The zero-order chi connectivity index (χ0) is 18.5. The number of amides is 1. The summed E-state index contributed by atoms with van der Waals surface area (Å²) in [6, 6.07) is 4.30. The molecule has 0 aliphatic heterocycles. The van der Waals surface area contributed by atoms with Crippen LogP contribution >= 0.6 is 0 Å². The summed E-state index contributed by atoms with van der Waals surface area (Å²) in [5, 5.41) is 0. The van der Waals surface area contributed by atoms with Crippen molar-refractivity contribution >= 4 is 21.6 Å². The van der Waals surface area contributed by atoms with Crippen molar-refractivity contribution in [1.29, 1.82) is 0 Å². The maximum atomic E-state index is 13.1. The second-order valence-electron chi connectivity index (χ2n) is 5.45. The summed E-state index contributed by atoms with van der Waals surface area (Å²) >= 11 is 0. The van der Waals surface area contributed by atoms with E-state index in [2.05, 4.69) is 0 Å². The Kier molecular flexibility index (Phi) is 6.65. The van der Waals surface area contributed by atoms with Gasteiger partial charge in [-0.3, -0.25) is 9.10 Å². The van der Waals surface area contributed by atoms with Gasteiger partial charge in [-0.15, -0.1) is 0 Å². The van der Waals surface area contributed by atoms with E-state index in [0.717, 1.165) is 31.2 Å². The topological polar surface area (TPSA) is 57.7 Å². The van der Waals surface area contributed by atoms with E-state index < -0.39 is 39.9 Å². The molecule has 1 rings (SSSR count). The monoisotopic (exact) mass is 366 g/mol. The average molecular weight is 366 g/mol. The van der Waals surface area contributed by atoms with Gasteiger partial charge in [0, 0.05) is 13.6 Å². The number of rotatable bonds is 7. The minimum atomic E-state index is -4.73.